The first-order valence-corrected chi connectivity index (χ1v) is 8.98. The molecule has 5 rings (SSSR count). The van der Waals surface area contributed by atoms with Crippen molar-refractivity contribution in [2.24, 2.45) is 0 Å². The molecular formula is C21H21ClN4O. The fourth-order valence-electron chi connectivity index (χ4n) is 3.72. The topological polar surface area (TPSA) is 43.2 Å². The van der Waals surface area contributed by atoms with Gasteiger partial charge >= 0.3 is 0 Å². The third-order valence-electron chi connectivity index (χ3n) is 5.09. The molecule has 4 aromatic rings. The van der Waals surface area contributed by atoms with E-state index in [0.29, 0.717) is 0 Å². The first kappa shape index (κ1) is 17.9. The minimum atomic E-state index is 0. The van der Waals surface area contributed by atoms with Crippen molar-refractivity contribution in [3.8, 4) is 5.69 Å². The number of ether oxygens (including phenoxy) is 1. The van der Waals surface area contributed by atoms with E-state index in [0.717, 1.165) is 49.4 Å². The largest absolute Gasteiger partial charge is 0.379 e. The molecule has 0 amide bonds. The molecule has 0 radical (unpaired) electrons. The number of hydrogen-bond acceptors (Lipinski definition) is 4. The summed E-state index contributed by atoms with van der Waals surface area (Å²) >= 11 is 0. The Kier molecular flexibility index (Phi) is 5.07. The Bertz CT molecular complexity index is 1070. The monoisotopic (exact) mass is 380 g/mol. The molecule has 27 heavy (non-hydrogen) atoms. The summed E-state index contributed by atoms with van der Waals surface area (Å²) in [5, 5.41) is 2.36. The van der Waals surface area contributed by atoms with Crippen LogP contribution in [0.1, 0.15) is 5.56 Å². The standard InChI is InChI=1S/C21H20N4O.ClH/c1-2-16(14-24-8-10-26-11-9-24)19-6-7-25(21(19)3-1)18-4-5-20-17(12-18)13-22-15-23-20;/h1-7,12-13,15H,8-11,14H2;1H. The lowest BCUT2D eigenvalue weighted by Crippen LogP contribution is -2.35. The summed E-state index contributed by atoms with van der Waals surface area (Å²) < 4.78 is 7.71. The number of nitrogens with zero attached hydrogens (tertiary/aromatic N) is 4. The van der Waals surface area contributed by atoms with Crippen LogP contribution in [0.2, 0.25) is 0 Å². The molecule has 3 heterocycles. The quantitative estimate of drug-likeness (QED) is 0.541. The summed E-state index contributed by atoms with van der Waals surface area (Å²) in [6, 6.07) is 15.1. The van der Waals surface area contributed by atoms with E-state index in [1.165, 1.54) is 16.5 Å². The summed E-state index contributed by atoms with van der Waals surface area (Å²) in [6.07, 6.45) is 5.60. The lowest BCUT2D eigenvalue weighted by Gasteiger charge is -2.26. The Balaban J connectivity index is 0.00000180. The maximum atomic E-state index is 5.47. The Morgan fingerprint density at radius 2 is 1.93 bits per heavy atom. The van der Waals surface area contributed by atoms with E-state index >= 15 is 0 Å². The lowest BCUT2D eigenvalue weighted by molar-refractivity contribution is 0.0344. The molecule has 0 atom stereocenters. The average molecular weight is 381 g/mol. The zero-order valence-corrected chi connectivity index (χ0v) is 15.7. The number of hydrogen-bond donors (Lipinski definition) is 0. The van der Waals surface area contributed by atoms with Crippen LogP contribution in [0, 0.1) is 0 Å². The molecule has 2 aromatic heterocycles. The van der Waals surface area contributed by atoms with E-state index in [1.807, 2.05) is 6.20 Å². The van der Waals surface area contributed by atoms with E-state index in [4.69, 9.17) is 4.74 Å². The van der Waals surface area contributed by atoms with Crippen LogP contribution in [0.25, 0.3) is 27.5 Å². The van der Waals surface area contributed by atoms with Gasteiger partial charge in [0.25, 0.3) is 0 Å². The predicted molar refractivity (Wildman–Crippen MR) is 110 cm³/mol. The van der Waals surface area contributed by atoms with E-state index in [2.05, 4.69) is 68.1 Å². The van der Waals surface area contributed by atoms with Gasteiger partial charge in [0.1, 0.15) is 6.33 Å². The summed E-state index contributed by atoms with van der Waals surface area (Å²) in [4.78, 5) is 10.9. The Morgan fingerprint density at radius 3 is 2.81 bits per heavy atom. The van der Waals surface area contributed by atoms with Gasteiger partial charge in [0.15, 0.2) is 0 Å². The van der Waals surface area contributed by atoms with Crippen LogP contribution >= 0.6 is 12.4 Å². The fourth-order valence-corrected chi connectivity index (χ4v) is 3.72. The summed E-state index contributed by atoms with van der Waals surface area (Å²) in [7, 11) is 0. The van der Waals surface area contributed by atoms with E-state index in [9.17, 15) is 0 Å². The highest BCUT2D eigenvalue weighted by Crippen LogP contribution is 2.26. The smallest absolute Gasteiger partial charge is 0.116 e. The van der Waals surface area contributed by atoms with Gasteiger partial charge in [0.05, 0.1) is 24.2 Å². The van der Waals surface area contributed by atoms with E-state index in [-0.39, 0.29) is 12.4 Å². The molecule has 138 valence electrons. The molecule has 1 saturated heterocycles. The van der Waals surface area contributed by atoms with Crippen LogP contribution in [-0.4, -0.2) is 45.7 Å². The minimum absolute atomic E-state index is 0. The van der Waals surface area contributed by atoms with Gasteiger partial charge in [0.2, 0.25) is 0 Å². The molecule has 1 aliphatic rings. The van der Waals surface area contributed by atoms with Crippen LogP contribution in [-0.2, 0) is 11.3 Å². The van der Waals surface area contributed by atoms with Crippen LogP contribution in [0.3, 0.4) is 0 Å². The highest BCUT2D eigenvalue weighted by molar-refractivity contribution is 5.87. The van der Waals surface area contributed by atoms with Gasteiger partial charge in [-0.15, -0.1) is 12.4 Å². The Hall–Kier alpha value is -2.47. The molecule has 0 saturated carbocycles. The first-order chi connectivity index (χ1) is 12.9. The fraction of sp³-hybridized carbons (Fsp3) is 0.238. The molecule has 0 N–H and O–H groups in total. The third kappa shape index (κ3) is 3.41. The zero-order chi connectivity index (χ0) is 17.3. The molecule has 0 aliphatic carbocycles. The second kappa shape index (κ2) is 7.64. The normalized spacial score (nSPS) is 15.1. The van der Waals surface area contributed by atoms with Crippen LogP contribution in [0.4, 0.5) is 0 Å². The van der Waals surface area contributed by atoms with Gasteiger partial charge in [-0.2, -0.15) is 0 Å². The molecule has 0 unspecified atom stereocenters. The Labute approximate surface area is 164 Å². The van der Waals surface area contributed by atoms with Crippen molar-refractivity contribution in [1.82, 2.24) is 19.4 Å². The van der Waals surface area contributed by atoms with E-state index < -0.39 is 0 Å². The van der Waals surface area contributed by atoms with E-state index in [1.54, 1.807) is 6.33 Å². The number of rotatable bonds is 3. The Morgan fingerprint density at radius 1 is 1.04 bits per heavy atom. The van der Waals surface area contributed by atoms with Crippen LogP contribution < -0.4 is 0 Å². The first-order valence-electron chi connectivity index (χ1n) is 8.98. The van der Waals surface area contributed by atoms with Crippen LogP contribution in [0.15, 0.2) is 61.2 Å². The third-order valence-corrected chi connectivity index (χ3v) is 5.09. The van der Waals surface area contributed by atoms with Gasteiger partial charge in [-0.05, 0) is 35.9 Å². The minimum Gasteiger partial charge on any atom is -0.379 e. The zero-order valence-electron chi connectivity index (χ0n) is 14.9. The van der Waals surface area contributed by atoms with Gasteiger partial charge in [-0.1, -0.05) is 12.1 Å². The molecule has 0 bridgehead atoms. The number of halogens is 1. The average Bonchev–Trinajstić information content (AvgIpc) is 3.14. The van der Waals surface area contributed by atoms with Gasteiger partial charge in [-0.3, -0.25) is 4.90 Å². The lowest BCUT2D eigenvalue weighted by atomic mass is 10.1. The highest BCUT2D eigenvalue weighted by Gasteiger charge is 2.13. The summed E-state index contributed by atoms with van der Waals surface area (Å²) in [5.74, 6) is 0. The van der Waals surface area contributed by atoms with Crippen LogP contribution in [0.5, 0.6) is 0 Å². The number of morpholine rings is 1. The summed E-state index contributed by atoms with van der Waals surface area (Å²) in [6.45, 7) is 4.63. The number of fused-ring (bicyclic) bond motifs is 2. The molecule has 5 nitrogen and oxygen atoms in total. The van der Waals surface area contributed by atoms with Crippen molar-refractivity contribution in [3.05, 3.63) is 66.7 Å². The predicted octanol–water partition coefficient (Wildman–Crippen LogP) is 3.83. The van der Waals surface area contributed by atoms with Crippen molar-refractivity contribution in [2.75, 3.05) is 26.3 Å². The second-order valence-electron chi connectivity index (χ2n) is 6.69. The van der Waals surface area contributed by atoms with Crippen molar-refractivity contribution in [1.29, 1.82) is 0 Å². The van der Waals surface area contributed by atoms with Gasteiger partial charge in [-0.25, -0.2) is 9.97 Å². The number of aromatic nitrogens is 3. The molecule has 1 aliphatic heterocycles. The molecule has 1 fully saturated rings. The molecule has 6 heteroatoms. The second-order valence-corrected chi connectivity index (χ2v) is 6.69. The highest BCUT2D eigenvalue weighted by atomic mass is 35.5. The summed E-state index contributed by atoms with van der Waals surface area (Å²) in [5.41, 5.74) is 4.69. The molecule has 2 aromatic carbocycles. The van der Waals surface area contributed by atoms with Crippen molar-refractivity contribution in [3.63, 3.8) is 0 Å². The SMILES string of the molecule is Cl.c1cc(CN2CCOCC2)c2ccn(-c3ccc4ncncc4c3)c2c1. The number of benzene rings is 2. The van der Waals surface area contributed by atoms with Crippen molar-refractivity contribution < 1.29 is 4.74 Å². The maximum Gasteiger partial charge on any atom is 0.116 e. The molecule has 0 spiro atoms. The van der Waals surface area contributed by atoms with Gasteiger partial charge in [0, 0.05) is 48.5 Å². The van der Waals surface area contributed by atoms with Gasteiger partial charge < -0.3 is 9.30 Å². The van der Waals surface area contributed by atoms with Crippen molar-refractivity contribution in [2.45, 2.75) is 6.54 Å². The maximum absolute atomic E-state index is 5.47. The van der Waals surface area contributed by atoms with Crippen molar-refractivity contribution >= 4 is 34.2 Å². The molecular weight excluding hydrogens is 360 g/mol.